The number of guanidine groups is 1. The number of nitrogens with one attached hydrogen (secondary N) is 2. The molecule has 0 saturated heterocycles. The zero-order chi connectivity index (χ0) is 20.6. The van der Waals surface area contributed by atoms with Gasteiger partial charge in [-0.2, -0.15) is 0 Å². The van der Waals surface area contributed by atoms with Crippen molar-refractivity contribution in [3.05, 3.63) is 48.0 Å². The van der Waals surface area contributed by atoms with E-state index < -0.39 is 10.0 Å². The van der Waals surface area contributed by atoms with Crippen LogP contribution in [0.3, 0.4) is 0 Å². The minimum atomic E-state index is -3.51. The van der Waals surface area contributed by atoms with Crippen molar-refractivity contribution in [1.29, 1.82) is 0 Å². The highest BCUT2D eigenvalue weighted by molar-refractivity contribution is 7.89. The van der Waals surface area contributed by atoms with Crippen LogP contribution in [0.5, 0.6) is 17.2 Å². The molecule has 0 saturated carbocycles. The van der Waals surface area contributed by atoms with E-state index in [1.165, 1.54) is 0 Å². The Hall–Kier alpha value is -2.94. The maximum atomic E-state index is 11.7. The number of sulfonamides is 1. The molecular weight excluding hydrogens is 382 g/mol. The van der Waals surface area contributed by atoms with E-state index in [9.17, 15) is 8.42 Å². The van der Waals surface area contributed by atoms with Crippen LogP contribution in [0.15, 0.2) is 47.5 Å². The molecule has 0 fully saturated rings. The Morgan fingerprint density at radius 1 is 1.04 bits per heavy atom. The summed E-state index contributed by atoms with van der Waals surface area (Å²) >= 11 is 0. The fraction of sp³-hybridized carbons (Fsp3) is 0.316. The van der Waals surface area contributed by atoms with E-state index in [0.717, 1.165) is 17.6 Å². The summed E-state index contributed by atoms with van der Waals surface area (Å²) in [7, 11) is -0.388. The van der Waals surface area contributed by atoms with Gasteiger partial charge >= 0.3 is 0 Å². The fourth-order valence-electron chi connectivity index (χ4n) is 2.36. The number of nitrogens with zero attached hydrogens (tertiary/aromatic N) is 1. The second-order valence-corrected chi connectivity index (χ2v) is 7.55. The first-order chi connectivity index (χ1) is 13.3. The van der Waals surface area contributed by atoms with Crippen LogP contribution < -0.4 is 24.2 Å². The van der Waals surface area contributed by atoms with E-state index in [1.807, 2.05) is 13.0 Å². The van der Waals surface area contributed by atoms with Gasteiger partial charge in [0.25, 0.3) is 0 Å². The lowest BCUT2D eigenvalue weighted by Crippen LogP contribution is -2.35. The normalized spacial score (nSPS) is 11.6. The highest BCUT2D eigenvalue weighted by Gasteiger charge is 2.09. The standard InChI is InChI=1S/C19H25N3O5S/c1-5-27-16-10-7-15(8-11-16)21-19(22-28(4,23)24)20-13-14-6-9-17(25-2)12-18(14)26-3/h6-12H,5,13H2,1-4H3,(H2,20,21,22). The number of ether oxygens (including phenoxy) is 3. The van der Waals surface area contributed by atoms with Gasteiger partial charge in [-0.25, -0.2) is 13.4 Å². The van der Waals surface area contributed by atoms with Crippen molar-refractivity contribution < 1.29 is 22.6 Å². The molecule has 0 unspecified atom stereocenters. The Bertz CT molecular complexity index is 912. The number of hydrogen-bond acceptors (Lipinski definition) is 6. The first-order valence-corrected chi connectivity index (χ1v) is 10.5. The van der Waals surface area contributed by atoms with Gasteiger partial charge in [0.2, 0.25) is 16.0 Å². The molecule has 0 aliphatic carbocycles. The van der Waals surface area contributed by atoms with Crippen LogP contribution in [-0.4, -0.2) is 41.5 Å². The lowest BCUT2D eigenvalue weighted by Gasteiger charge is -2.13. The Labute approximate surface area is 165 Å². The summed E-state index contributed by atoms with van der Waals surface area (Å²) in [6.45, 7) is 2.67. The number of anilines is 1. The quantitative estimate of drug-likeness (QED) is 0.516. The Morgan fingerprint density at radius 2 is 1.71 bits per heavy atom. The smallest absolute Gasteiger partial charge is 0.232 e. The second-order valence-electron chi connectivity index (χ2n) is 5.80. The van der Waals surface area contributed by atoms with E-state index in [2.05, 4.69) is 15.0 Å². The molecule has 0 aliphatic rings. The zero-order valence-electron chi connectivity index (χ0n) is 16.4. The molecule has 0 radical (unpaired) electrons. The summed E-state index contributed by atoms with van der Waals surface area (Å²) in [5.41, 5.74) is 1.45. The van der Waals surface area contributed by atoms with Gasteiger partial charge in [-0.05, 0) is 43.3 Å². The molecule has 0 aliphatic heterocycles. The molecule has 2 rings (SSSR count). The Morgan fingerprint density at radius 3 is 2.29 bits per heavy atom. The van der Waals surface area contributed by atoms with E-state index in [1.54, 1.807) is 50.6 Å². The van der Waals surface area contributed by atoms with Gasteiger partial charge in [-0.15, -0.1) is 0 Å². The van der Waals surface area contributed by atoms with E-state index in [4.69, 9.17) is 14.2 Å². The molecule has 8 nitrogen and oxygen atoms in total. The molecule has 152 valence electrons. The molecule has 2 aromatic carbocycles. The summed E-state index contributed by atoms with van der Waals surface area (Å²) < 4.78 is 41.7. The van der Waals surface area contributed by atoms with Gasteiger partial charge in [0.1, 0.15) is 17.2 Å². The van der Waals surface area contributed by atoms with Crippen molar-refractivity contribution in [2.75, 3.05) is 32.4 Å². The maximum absolute atomic E-state index is 11.7. The van der Waals surface area contributed by atoms with Crippen LogP contribution in [0, 0.1) is 0 Å². The van der Waals surface area contributed by atoms with Crippen LogP contribution >= 0.6 is 0 Å². The van der Waals surface area contributed by atoms with E-state index in [-0.39, 0.29) is 12.5 Å². The number of hydrogen-bond donors (Lipinski definition) is 2. The van der Waals surface area contributed by atoms with Crippen LogP contribution in [0.2, 0.25) is 0 Å². The second kappa shape index (κ2) is 9.84. The molecule has 0 bridgehead atoms. The van der Waals surface area contributed by atoms with Gasteiger partial charge in [0.05, 0.1) is 33.6 Å². The molecular formula is C19H25N3O5S. The predicted molar refractivity (Wildman–Crippen MR) is 110 cm³/mol. The SMILES string of the molecule is CCOc1ccc(NC(=NCc2ccc(OC)cc2OC)NS(C)(=O)=O)cc1. The number of rotatable bonds is 8. The van der Waals surface area contributed by atoms with Crippen LogP contribution in [-0.2, 0) is 16.6 Å². The van der Waals surface area contributed by atoms with Crippen molar-refractivity contribution in [3.63, 3.8) is 0 Å². The van der Waals surface area contributed by atoms with E-state index in [0.29, 0.717) is 23.8 Å². The number of benzene rings is 2. The highest BCUT2D eigenvalue weighted by Crippen LogP contribution is 2.25. The van der Waals surface area contributed by atoms with Crippen molar-refractivity contribution in [2.45, 2.75) is 13.5 Å². The summed E-state index contributed by atoms with van der Waals surface area (Å²) in [5, 5.41) is 2.97. The minimum Gasteiger partial charge on any atom is -0.497 e. The lowest BCUT2D eigenvalue weighted by molar-refractivity contribution is 0.340. The third kappa shape index (κ3) is 6.66. The molecule has 2 aromatic rings. The third-order valence-corrected chi connectivity index (χ3v) is 4.18. The average molecular weight is 407 g/mol. The van der Waals surface area contributed by atoms with Crippen molar-refractivity contribution in [3.8, 4) is 17.2 Å². The zero-order valence-corrected chi connectivity index (χ0v) is 17.2. The molecule has 2 N–H and O–H groups in total. The molecule has 9 heteroatoms. The van der Waals surface area contributed by atoms with E-state index >= 15 is 0 Å². The summed E-state index contributed by atoms with van der Waals surface area (Å²) in [6, 6.07) is 12.5. The average Bonchev–Trinajstić information content (AvgIpc) is 2.66. The largest absolute Gasteiger partial charge is 0.497 e. The van der Waals surface area contributed by atoms with Crippen LogP contribution in [0.1, 0.15) is 12.5 Å². The third-order valence-electron chi connectivity index (χ3n) is 3.61. The van der Waals surface area contributed by atoms with Crippen LogP contribution in [0.4, 0.5) is 5.69 Å². The molecule has 0 aromatic heterocycles. The molecule has 0 amide bonds. The summed E-state index contributed by atoms with van der Waals surface area (Å²) in [4.78, 5) is 4.36. The van der Waals surface area contributed by atoms with Crippen molar-refractivity contribution >= 4 is 21.7 Å². The summed E-state index contributed by atoms with van der Waals surface area (Å²) in [6.07, 6.45) is 1.07. The minimum absolute atomic E-state index is 0.101. The van der Waals surface area contributed by atoms with Gasteiger partial charge in [0, 0.05) is 17.3 Å². The number of aliphatic imine (C=N–C) groups is 1. The predicted octanol–water partition coefficient (Wildman–Crippen LogP) is 2.62. The van der Waals surface area contributed by atoms with Gasteiger partial charge < -0.3 is 19.5 Å². The first kappa shape index (κ1) is 21.4. The molecule has 0 spiro atoms. The topological polar surface area (TPSA) is 98.2 Å². The lowest BCUT2D eigenvalue weighted by atomic mass is 10.2. The Kier molecular flexibility index (Phi) is 7.51. The number of methoxy groups -OCH3 is 2. The monoisotopic (exact) mass is 407 g/mol. The summed E-state index contributed by atoms with van der Waals surface area (Å²) in [5.74, 6) is 2.09. The van der Waals surface area contributed by atoms with Crippen LogP contribution in [0.25, 0.3) is 0 Å². The molecule has 0 atom stereocenters. The van der Waals surface area contributed by atoms with Gasteiger partial charge in [0.15, 0.2) is 0 Å². The molecule has 0 heterocycles. The highest BCUT2D eigenvalue weighted by atomic mass is 32.2. The molecule has 28 heavy (non-hydrogen) atoms. The van der Waals surface area contributed by atoms with Crippen molar-refractivity contribution in [2.24, 2.45) is 4.99 Å². The maximum Gasteiger partial charge on any atom is 0.232 e. The fourth-order valence-corrected chi connectivity index (χ4v) is 2.82. The first-order valence-electron chi connectivity index (χ1n) is 8.57. The van der Waals surface area contributed by atoms with Gasteiger partial charge in [-0.3, -0.25) is 4.72 Å². The van der Waals surface area contributed by atoms with Gasteiger partial charge in [-0.1, -0.05) is 0 Å². The Balaban J connectivity index is 2.22. The van der Waals surface area contributed by atoms with Crippen molar-refractivity contribution in [1.82, 2.24) is 4.72 Å².